The summed E-state index contributed by atoms with van der Waals surface area (Å²) < 4.78 is 0. The van der Waals surface area contributed by atoms with Gasteiger partial charge in [-0.3, -0.25) is 0 Å². The van der Waals surface area contributed by atoms with Crippen LogP contribution in [0, 0.1) is 0 Å². The quantitative estimate of drug-likeness (QED) is 0.722. The molecule has 0 radical (unpaired) electrons. The number of nitrogens with zero attached hydrogens (tertiary/aromatic N) is 2. The van der Waals surface area contributed by atoms with Crippen LogP contribution in [-0.4, -0.2) is 9.97 Å². The molecule has 0 aliphatic carbocycles. The van der Waals surface area contributed by atoms with E-state index < -0.39 is 0 Å². The van der Waals surface area contributed by atoms with Crippen molar-refractivity contribution in [3.05, 3.63) is 29.2 Å². The smallest absolute Gasteiger partial charge is 0.160 e. The van der Waals surface area contributed by atoms with Crippen LogP contribution in [0.15, 0.2) is 29.2 Å². The van der Waals surface area contributed by atoms with Gasteiger partial charge in [0, 0.05) is 10.9 Å². The second kappa shape index (κ2) is 2.91. The van der Waals surface area contributed by atoms with Gasteiger partial charge in [-0.05, 0) is 11.4 Å². The summed E-state index contributed by atoms with van der Waals surface area (Å²) in [4.78, 5) is 8.18. The molecule has 2 aromatic rings. The maximum Gasteiger partial charge on any atom is 0.160 e. The number of anilines is 1. The second-order valence-corrected chi connectivity index (χ2v) is 3.13. The molecule has 0 aliphatic rings. The van der Waals surface area contributed by atoms with Crippen molar-refractivity contribution >= 4 is 17.0 Å². The van der Waals surface area contributed by atoms with E-state index in [-0.39, 0.29) is 0 Å². The standard InChI is InChI=1S/C8H7N3S/c9-7-3-10-8(11-4-7)6-1-2-12-5-6/h1-5H,9H2. The van der Waals surface area contributed by atoms with Gasteiger partial charge < -0.3 is 5.73 Å². The molecular weight excluding hydrogens is 170 g/mol. The van der Waals surface area contributed by atoms with Crippen LogP contribution in [0.25, 0.3) is 11.4 Å². The fourth-order valence-electron chi connectivity index (χ4n) is 0.879. The van der Waals surface area contributed by atoms with E-state index in [0.717, 1.165) is 11.4 Å². The maximum absolute atomic E-state index is 5.46. The average molecular weight is 177 g/mol. The van der Waals surface area contributed by atoms with Crippen LogP contribution in [0.3, 0.4) is 0 Å². The zero-order valence-electron chi connectivity index (χ0n) is 6.27. The first-order valence-electron chi connectivity index (χ1n) is 3.46. The highest BCUT2D eigenvalue weighted by atomic mass is 32.1. The fraction of sp³-hybridized carbons (Fsp3) is 0. The number of nitrogens with two attached hydrogens (primary N) is 1. The third-order valence-corrected chi connectivity index (χ3v) is 2.13. The van der Waals surface area contributed by atoms with E-state index in [2.05, 4.69) is 9.97 Å². The first-order chi connectivity index (χ1) is 5.86. The van der Waals surface area contributed by atoms with Gasteiger partial charge in [0.25, 0.3) is 0 Å². The normalized spacial score (nSPS) is 10.0. The van der Waals surface area contributed by atoms with E-state index in [9.17, 15) is 0 Å². The number of thiophene rings is 1. The summed E-state index contributed by atoms with van der Waals surface area (Å²) in [5.41, 5.74) is 7.09. The Morgan fingerprint density at radius 3 is 2.58 bits per heavy atom. The zero-order chi connectivity index (χ0) is 8.39. The van der Waals surface area contributed by atoms with Crippen molar-refractivity contribution in [1.29, 1.82) is 0 Å². The Labute approximate surface area is 73.9 Å². The van der Waals surface area contributed by atoms with Gasteiger partial charge in [-0.25, -0.2) is 9.97 Å². The van der Waals surface area contributed by atoms with Gasteiger partial charge >= 0.3 is 0 Å². The van der Waals surface area contributed by atoms with Gasteiger partial charge in [0.15, 0.2) is 5.82 Å². The third-order valence-electron chi connectivity index (χ3n) is 1.45. The molecular formula is C8H7N3S. The minimum atomic E-state index is 0.592. The number of hydrogen-bond donors (Lipinski definition) is 1. The summed E-state index contributed by atoms with van der Waals surface area (Å²) in [5, 5.41) is 4.00. The Morgan fingerprint density at radius 2 is 2.00 bits per heavy atom. The Balaban J connectivity index is 2.43. The minimum Gasteiger partial charge on any atom is -0.396 e. The maximum atomic E-state index is 5.46. The zero-order valence-corrected chi connectivity index (χ0v) is 7.08. The highest BCUT2D eigenvalue weighted by molar-refractivity contribution is 7.08. The largest absolute Gasteiger partial charge is 0.396 e. The molecule has 2 N–H and O–H groups in total. The highest BCUT2D eigenvalue weighted by Gasteiger charge is 1.98. The molecule has 2 aromatic heterocycles. The SMILES string of the molecule is Nc1cnc(-c2ccsc2)nc1. The average Bonchev–Trinajstić information content (AvgIpc) is 2.58. The van der Waals surface area contributed by atoms with Gasteiger partial charge in [0.1, 0.15) is 0 Å². The number of hydrogen-bond acceptors (Lipinski definition) is 4. The summed E-state index contributed by atoms with van der Waals surface area (Å²) in [6.07, 6.45) is 3.22. The molecule has 12 heavy (non-hydrogen) atoms. The second-order valence-electron chi connectivity index (χ2n) is 2.35. The molecule has 4 heteroatoms. The van der Waals surface area contributed by atoms with Crippen LogP contribution in [0.1, 0.15) is 0 Å². The van der Waals surface area contributed by atoms with E-state index in [1.54, 1.807) is 23.7 Å². The van der Waals surface area contributed by atoms with Gasteiger partial charge in [-0.1, -0.05) is 0 Å². The van der Waals surface area contributed by atoms with Crippen LogP contribution >= 0.6 is 11.3 Å². The van der Waals surface area contributed by atoms with Gasteiger partial charge in [0.05, 0.1) is 18.1 Å². The van der Waals surface area contributed by atoms with Gasteiger partial charge in [-0.2, -0.15) is 11.3 Å². The summed E-state index contributed by atoms with van der Waals surface area (Å²) >= 11 is 1.63. The van der Waals surface area contributed by atoms with Gasteiger partial charge in [0.2, 0.25) is 0 Å². The van der Waals surface area contributed by atoms with Crippen LogP contribution < -0.4 is 5.73 Å². The molecule has 0 fully saturated rings. The molecule has 0 saturated heterocycles. The molecule has 60 valence electrons. The molecule has 2 heterocycles. The minimum absolute atomic E-state index is 0.592. The monoisotopic (exact) mass is 177 g/mol. The molecule has 0 aromatic carbocycles. The van der Waals surface area contributed by atoms with Crippen LogP contribution in [0.4, 0.5) is 5.69 Å². The summed E-state index contributed by atoms with van der Waals surface area (Å²) in [6.45, 7) is 0. The van der Waals surface area contributed by atoms with Crippen LogP contribution in [0.2, 0.25) is 0 Å². The lowest BCUT2D eigenvalue weighted by molar-refractivity contribution is 1.18. The third kappa shape index (κ3) is 1.29. The van der Waals surface area contributed by atoms with Crippen LogP contribution in [0.5, 0.6) is 0 Å². The number of rotatable bonds is 1. The molecule has 0 amide bonds. The number of aromatic nitrogens is 2. The van der Waals surface area contributed by atoms with Crippen molar-refractivity contribution in [1.82, 2.24) is 9.97 Å². The summed E-state index contributed by atoms with van der Waals surface area (Å²) in [7, 11) is 0. The van der Waals surface area contributed by atoms with E-state index in [4.69, 9.17) is 5.73 Å². The number of nitrogen functional groups attached to an aromatic ring is 1. The molecule has 0 bridgehead atoms. The van der Waals surface area contributed by atoms with Crippen molar-refractivity contribution in [2.75, 3.05) is 5.73 Å². The lowest BCUT2D eigenvalue weighted by Gasteiger charge is -1.94. The Hall–Kier alpha value is -1.42. The van der Waals surface area contributed by atoms with E-state index in [1.165, 1.54) is 0 Å². The fourth-order valence-corrected chi connectivity index (χ4v) is 1.51. The summed E-state index contributed by atoms with van der Waals surface area (Å²) in [6, 6.07) is 1.98. The predicted molar refractivity (Wildman–Crippen MR) is 49.8 cm³/mol. The Bertz CT molecular complexity index is 352. The Morgan fingerprint density at radius 1 is 1.25 bits per heavy atom. The lowest BCUT2D eigenvalue weighted by atomic mass is 10.3. The predicted octanol–water partition coefficient (Wildman–Crippen LogP) is 1.79. The topological polar surface area (TPSA) is 51.8 Å². The molecule has 3 nitrogen and oxygen atoms in total. The van der Waals surface area contributed by atoms with Crippen LogP contribution in [-0.2, 0) is 0 Å². The molecule has 0 atom stereocenters. The van der Waals surface area contributed by atoms with E-state index in [1.807, 2.05) is 16.8 Å². The lowest BCUT2D eigenvalue weighted by Crippen LogP contribution is -1.90. The van der Waals surface area contributed by atoms with Crippen molar-refractivity contribution in [2.24, 2.45) is 0 Å². The highest BCUT2D eigenvalue weighted by Crippen LogP contribution is 2.17. The van der Waals surface area contributed by atoms with Crippen molar-refractivity contribution in [3.8, 4) is 11.4 Å². The summed E-state index contributed by atoms with van der Waals surface area (Å²) in [5.74, 6) is 0.727. The first-order valence-corrected chi connectivity index (χ1v) is 4.40. The van der Waals surface area contributed by atoms with E-state index in [0.29, 0.717) is 5.69 Å². The molecule has 2 rings (SSSR count). The Kier molecular flexibility index (Phi) is 1.75. The molecule has 0 unspecified atom stereocenters. The molecule has 0 aliphatic heterocycles. The van der Waals surface area contributed by atoms with Gasteiger partial charge in [-0.15, -0.1) is 0 Å². The first kappa shape index (κ1) is 7.24. The van der Waals surface area contributed by atoms with Crippen molar-refractivity contribution in [3.63, 3.8) is 0 Å². The van der Waals surface area contributed by atoms with Crippen molar-refractivity contribution in [2.45, 2.75) is 0 Å². The van der Waals surface area contributed by atoms with Crippen molar-refractivity contribution < 1.29 is 0 Å². The molecule has 0 saturated carbocycles. The van der Waals surface area contributed by atoms with E-state index >= 15 is 0 Å². The molecule has 0 spiro atoms.